The molecule has 0 aliphatic heterocycles. The molecule has 1 amide bonds. The first-order chi connectivity index (χ1) is 10.5. The number of anilines is 1. The number of nitrogens with one attached hydrogen (secondary N) is 1. The summed E-state index contributed by atoms with van der Waals surface area (Å²) in [5.41, 5.74) is 0.509. The third-order valence-corrected chi connectivity index (χ3v) is 3.36. The topological polar surface area (TPSA) is 63.1 Å². The van der Waals surface area contributed by atoms with Gasteiger partial charge in [0.1, 0.15) is 11.0 Å². The Hall–Kier alpha value is -2.08. The van der Waals surface area contributed by atoms with E-state index in [0.717, 1.165) is 6.54 Å². The van der Waals surface area contributed by atoms with Crippen molar-refractivity contribution in [2.75, 3.05) is 25.5 Å². The van der Waals surface area contributed by atoms with Crippen LogP contribution in [0.5, 0.6) is 0 Å². The van der Waals surface area contributed by atoms with Gasteiger partial charge in [-0.15, -0.1) is 0 Å². The normalized spacial score (nSPS) is 12.0. The van der Waals surface area contributed by atoms with Crippen LogP contribution in [-0.4, -0.2) is 41.3 Å². The molecule has 7 heteroatoms. The van der Waals surface area contributed by atoms with Crippen molar-refractivity contribution in [1.29, 1.82) is 0 Å². The van der Waals surface area contributed by atoms with Gasteiger partial charge < -0.3 is 10.2 Å². The van der Waals surface area contributed by atoms with E-state index < -0.39 is 0 Å². The molecule has 22 heavy (non-hydrogen) atoms. The summed E-state index contributed by atoms with van der Waals surface area (Å²) in [6, 6.07) is 5.18. The number of hydrogen-bond acceptors (Lipinski definition) is 4. The summed E-state index contributed by atoms with van der Waals surface area (Å²) >= 11 is 5.97. The van der Waals surface area contributed by atoms with Crippen LogP contribution < -0.4 is 10.2 Å². The molecule has 0 aliphatic rings. The van der Waals surface area contributed by atoms with Gasteiger partial charge in [-0.25, -0.2) is 4.98 Å². The van der Waals surface area contributed by atoms with E-state index in [4.69, 9.17) is 11.6 Å². The van der Waals surface area contributed by atoms with Gasteiger partial charge in [-0.05, 0) is 24.1 Å². The fraction of sp³-hybridized carbons (Fsp3) is 0.400. The number of amides is 1. The Bertz CT molecular complexity index is 627. The number of rotatable bonds is 6. The second-order valence-electron chi connectivity index (χ2n) is 5.47. The highest BCUT2D eigenvalue weighted by Crippen LogP contribution is 2.16. The standard InChI is InChI=1S/C15H20ClN5O/c1-11(10-21-6-4-5-18-21)9-17-15(22)12-7-13(16)19-14(8-12)20(2)3/h4-8,11H,9-10H2,1-3H3,(H,17,22). The first-order valence-electron chi connectivity index (χ1n) is 7.06. The predicted molar refractivity (Wildman–Crippen MR) is 87.3 cm³/mol. The van der Waals surface area contributed by atoms with E-state index in [1.54, 1.807) is 18.3 Å². The number of hydrogen-bond donors (Lipinski definition) is 1. The van der Waals surface area contributed by atoms with Gasteiger partial charge in [0, 0.05) is 45.1 Å². The Morgan fingerprint density at radius 3 is 2.86 bits per heavy atom. The van der Waals surface area contributed by atoms with Crippen molar-refractivity contribution < 1.29 is 4.79 Å². The second kappa shape index (κ2) is 7.26. The van der Waals surface area contributed by atoms with Crippen molar-refractivity contribution in [2.24, 2.45) is 5.92 Å². The predicted octanol–water partition coefficient (Wildman–Crippen LogP) is 2.06. The molecule has 1 unspecified atom stereocenters. The summed E-state index contributed by atoms with van der Waals surface area (Å²) in [5.74, 6) is 0.774. The van der Waals surface area contributed by atoms with Gasteiger partial charge in [-0.2, -0.15) is 5.10 Å². The zero-order valence-electron chi connectivity index (χ0n) is 13.0. The van der Waals surface area contributed by atoms with Crippen LogP contribution in [0.1, 0.15) is 17.3 Å². The Morgan fingerprint density at radius 2 is 2.23 bits per heavy atom. The van der Waals surface area contributed by atoms with E-state index in [1.807, 2.05) is 35.9 Å². The van der Waals surface area contributed by atoms with E-state index in [1.165, 1.54) is 0 Å². The Balaban J connectivity index is 1.94. The molecule has 0 radical (unpaired) electrons. The lowest BCUT2D eigenvalue weighted by Gasteiger charge is -2.15. The molecular formula is C15H20ClN5O. The van der Waals surface area contributed by atoms with Crippen molar-refractivity contribution in [2.45, 2.75) is 13.5 Å². The van der Waals surface area contributed by atoms with Gasteiger partial charge in [0.25, 0.3) is 5.91 Å². The largest absolute Gasteiger partial charge is 0.363 e. The van der Waals surface area contributed by atoms with Gasteiger partial charge in [0.2, 0.25) is 0 Å². The van der Waals surface area contributed by atoms with E-state index in [9.17, 15) is 4.79 Å². The summed E-state index contributed by atoms with van der Waals surface area (Å²) in [5, 5.41) is 7.38. The summed E-state index contributed by atoms with van der Waals surface area (Å²) < 4.78 is 1.85. The van der Waals surface area contributed by atoms with Crippen molar-refractivity contribution in [1.82, 2.24) is 20.1 Å². The molecule has 2 rings (SSSR count). The maximum atomic E-state index is 12.2. The molecule has 6 nitrogen and oxygen atoms in total. The molecule has 0 aromatic carbocycles. The molecule has 0 bridgehead atoms. The number of carbonyl (C=O) groups excluding carboxylic acids is 1. The second-order valence-corrected chi connectivity index (χ2v) is 5.86. The zero-order valence-corrected chi connectivity index (χ0v) is 13.7. The molecule has 1 N–H and O–H groups in total. The van der Waals surface area contributed by atoms with Gasteiger partial charge in [-0.1, -0.05) is 18.5 Å². The lowest BCUT2D eigenvalue weighted by atomic mass is 10.1. The van der Waals surface area contributed by atoms with Crippen LogP contribution >= 0.6 is 11.6 Å². The van der Waals surface area contributed by atoms with Crippen LogP contribution in [0.2, 0.25) is 5.15 Å². The zero-order chi connectivity index (χ0) is 16.1. The first kappa shape index (κ1) is 16.3. The molecular weight excluding hydrogens is 302 g/mol. The Morgan fingerprint density at radius 1 is 1.45 bits per heavy atom. The lowest BCUT2D eigenvalue weighted by Crippen LogP contribution is -2.30. The van der Waals surface area contributed by atoms with Crippen LogP contribution in [0, 0.1) is 5.92 Å². The van der Waals surface area contributed by atoms with Crippen LogP contribution in [0.3, 0.4) is 0 Å². The lowest BCUT2D eigenvalue weighted by molar-refractivity contribution is 0.0946. The molecule has 1 atom stereocenters. The minimum Gasteiger partial charge on any atom is -0.363 e. The van der Waals surface area contributed by atoms with Crippen molar-refractivity contribution in [3.05, 3.63) is 41.3 Å². The van der Waals surface area contributed by atoms with E-state index in [0.29, 0.717) is 23.1 Å². The minimum atomic E-state index is -0.153. The summed E-state index contributed by atoms with van der Waals surface area (Å²) in [6.45, 7) is 3.38. The molecule has 0 saturated carbocycles. The van der Waals surface area contributed by atoms with Crippen molar-refractivity contribution in [3.8, 4) is 0 Å². The van der Waals surface area contributed by atoms with Crippen LogP contribution in [0.4, 0.5) is 5.82 Å². The fourth-order valence-corrected chi connectivity index (χ4v) is 2.21. The summed E-state index contributed by atoms with van der Waals surface area (Å²) in [4.78, 5) is 18.2. The third-order valence-electron chi connectivity index (χ3n) is 3.17. The molecule has 0 saturated heterocycles. The van der Waals surface area contributed by atoms with E-state index in [-0.39, 0.29) is 11.8 Å². The maximum Gasteiger partial charge on any atom is 0.251 e. The quantitative estimate of drug-likeness (QED) is 0.827. The van der Waals surface area contributed by atoms with Gasteiger partial charge in [0.05, 0.1) is 0 Å². The smallest absolute Gasteiger partial charge is 0.251 e. The van der Waals surface area contributed by atoms with E-state index in [2.05, 4.69) is 22.3 Å². The average Bonchev–Trinajstić information content (AvgIpc) is 2.96. The molecule has 2 aromatic heterocycles. The van der Waals surface area contributed by atoms with Gasteiger partial charge in [-0.3, -0.25) is 9.48 Å². The number of nitrogens with zero attached hydrogens (tertiary/aromatic N) is 4. The molecule has 0 fully saturated rings. The highest BCUT2D eigenvalue weighted by Gasteiger charge is 2.12. The number of aromatic nitrogens is 3. The average molecular weight is 322 g/mol. The van der Waals surface area contributed by atoms with Crippen LogP contribution in [-0.2, 0) is 6.54 Å². The molecule has 118 valence electrons. The van der Waals surface area contributed by atoms with Crippen molar-refractivity contribution in [3.63, 3.8) is 0 Å². The first-order valence-corrected chi connectivity index (χ1v) is 7.44. The monoisotopic (exact) mass is 321 g/mol. The van der Waals surface area contributed by atoms with Gasteiger partial charge >= 0.3 is 0 Å². The highest BCUT2D eigenvalue weighted by molar-refractivity contribution is 6.29. The Kier molecular flexibility index (Phi) is 5.38. The van der Waals surface area contributed by atoms with Gasteiger partial charge in [0.15, 0.2) is 0 Å². The number of carbonyl (C=O) groups is 1. The minimum absolute atomic E-state index is 0.153. The van der Waals surface area contributed by atoms with E-state index >= 15 is 0 Å². The summed E-state index contributed by atoms with van der Waals surface area (Å²) in [6.07, 6.45) is 3.65. The molecule has 0 spiro atoms. The molecule has 0 aliphatic carbocycles. The fourth-order valence-electron chi connectivity index (χ4n) is 2.00. The molecule has 2 aromatic rings. The van der Waals surface area contributed by atoms with Crippen molar-refractivity contribution >= 4 is 23.3 Å². The Labute approximate surface area is 135 Å². The van der Waals surface area contributed by atoms with Crippen LogP contribution in [0.15, 0.2) is 30.6 Å². The third kappa shape index (κ3) is 4.46. The number of halogens is 1. The summed E-state index contributed by atoms with van der Waals surface area (Å²) in [7, 11) is 3.71. The van der Waals surface area contributed by atoms with Crippen LogP contribution in [0.25, 0.3) is 0 Å². The highest BCUT2D eigenvalue weighted by atomic mass is 35.5. The maximum absolute atomic E-state index is 12.2. The number of pyridine rings is 1. The SMILES string of the molecule is CC(CNC(=O)c1cc(Cl)nc(N(C)C)c1)Cn1cccn1. The molecule has 2 heterocycles.